The van der Waals surface area contributed by atoms with Crippen molar-refractivity contribution in [2.24, 2.45) is 5.92 Å². The van der Waals surface area contributed by atoms with Gasteiger partial charge in [-0.15, -0.1) is 5.10 Å². The topological polar surface area (TPSA) is 68.5 Å². The van der Waals surface area contributed by atoms with Gasteiger partial charge in [0.1, 0.15) is 5.82 Å². The van der Waals surface area contributed by atoms with Gasteiger partial charge in [-0.05, 0) is 55.5 Å². The molecule has 0 atom stereocenters. The Balaban J connectivity index is 1.70. The maximum Gasteiger partial charge on any atom is 0.337 e. The zero-order chi connectivity index (χ0) is 17.4. The van der Waals surface area contributed by atoms with E-state index in [9.17, 15) is 4.79 Å². The van der Waals surface area contributed by atoms with Crippen molar-refractivity contribution in [2.75, 3.05) is 19.0 Å². The van der Waals surface area contributed by atoms with Crippen LogP contribution in [0, 0.1) is 12.8 Å². The molecule has 4 rings (SSSR count). The molecule has 1 aliphatic carbocycles. The minimum Gasteiger partial charge on any atom is -0.465 e. The van der Waals surface area contributed by atoms with Crippen LogP contribution in [-0.2, 0) is 4.74 Å². The molecule has 6 heteroatoms. The Morgan fingerprint density at radius 1 is 1.32 bits per heavy atom. The molecule has 1 saturated carbocycles. The van der Waals surface area contributed by atoms with E-state index in [0.29, 0.717) is 5.56 Å². The number of hydrogen-bond acceptors (Lipinski definition) is 5. The first-order valence-corrected chi connectivity index (χ1v) is 8.43. The van der Waals surface area contributed by atoms with Gasteiger partial charge in [0, 0.05) is 12.1 Å². The van der Waals surface area contributed by atoms with Gasteiger partial charge in [-0.2, -0.15) is 0 Å². The normalized spacial score (nSPS) is 13.8. The number of aryl methyl sites for hydroxylation is 1. The summed E-state index contributed by atoms with van der Waals surface area (Å²) < 4.78 is 6.62. The fourth-order valence-electron chi connectivity index (χ4n) is 2.92. The van der Waals surface area contributed by atoms with Gasteiger partial charge in [-0.1, -0.05) is 6.07 Å². The average molecular weight is 336 g/mol. The molecule has 0 aliphatic heterocycles. The molecule has 128 valence electrons. The average Bonchev–Trinajstić information content (AvgIpc) is 3.37. The van der Waals surface area contributed by atoms with E-state index in [4.69, 9.17) is 4.74 Å². The molecule has 0 radical (unpaired) electrons. The van der Waals surface area contributed by atoms with Crippen molar-refractivity contribution in [2.45, 2.75) is 19.8 Å². The summed E-state index contributed by atoms with van der Waals surface area (Å²) in [6.07, 6.45) is 4.42. The van der Waals surface area contributed by atoms with E-state index < -0.39 is 0 Å². The molecule has 0 spiro atoms. The largest absolute Gasteiger partial charge is 0.465 e. The molecule has 6 nitrogen and oxygen atoms in total. The summed E-state index contributed by atoms with van der Waals surface area (Å²) in [5.74, 6) is 1.30. The number of esters is 1. The van der Waals surface area contributed by atoms with E-state index in [1.54, 1.807) is 6.07 Å². The number of fused-ring (bicyclic) bond motifs is 1. The highest BCUT2D eigenvalue weighted by Gasteiger charge is 2.21. The van der Waals surface area contributed by atoms with Crippen LogP contribution in [0.1, 0.15) is 28.8 Å². The van der Waals surface area contributed by atoms with Crippen LogP contribution in [0.4, 0.5) is 5.82 Å². The predicted molar refractivity (Wildman–Crippen MR) is 95.7 cm³/mol. The number of hydrogen-bond donors (Lipinski definition) is 1. The van der Waals surface area contributed by atoms with Crippen LogP contribution in [0.15, 0.2) is 36.5 Å². The van der Waals surface area contributed by atoms with Crippen molar-refractivity contribution in [3.8, 4) is 11.3 Å². The van der Waals surface area contributed by atoms with Crippen molar-refractivity contribution >= 4 is 17.4 Å². The number of rotatable bonds is 5. The number of aromatic nitrogens is 3. The van der Waals surface area contributed by atoms with Gasteiger partial charge in [0.25, 0.3) is 0 Å². The second-order valence-electron chi connectivity index (χ2n) is 6.48. The quantitative estimate of drug-likeness (QED) is 0.724. The Hall–Kier alpha value is -2.89. The molecular weight excluding hydrogens is 316 g/mol. The molecule has 1 aliphatic rings. The molecule has 1 fully saturated rings. The van der Waals surface area contributed by atoms with E-state index in [0.717, 1.165) is 40.7 Å². The van der Waals surface area contributed by atoms with Crippen LogP contribution in [0.25, 0.3) is 16.9 Å². The van der Waals surface area contributed by atoms with Crippen LogP contribution >= 0.6 is 0 Å². The Kier molecular flexibility index (Phi) is 3.87. The second kappa shape index (κ2) is 6.20. The fraction of sp³-hybridized carbons (Fsp3) is 0.316. The van der Waals surface area contributed by atoms with Gasteiger partial charge >= 0.3 is 5.97 Å². The summed E-state index contributed by atoms with van der Waals surface area (Å²) in [6, 6.07) is 9.43. The Morgan fingerprint density at radius 3 is 2.88 bits per heavy atom. The highest BCUT2D eigenvalue weighted by molar-refractivity contribution is 5.90. The highest BCUT2D eigenvalue weighted by Crippen LogP contribution is 2.29. The second-order valence-corrected chi connectivity index (χ2v) is 6.48. The van der Waals surface area contributed by atoms with Crippen molar-refractivity contribution in [1.29, 1.82) is 0 Å². The lowest BCUT2D eigenvalue weighted by atomic mass is 10.0. The van der Waals surface area contributed by atoms with Crippen molar-refractivity contribution in [1.82, 2.24) is 14.6 Å². The number of nitrogens with one attached hydrogen (secondary N) is 1. The zero-order valence-corrected chi connectivity index (χ0v) is 14.3. The van der Waals surface area contributed by atoms with Gasteiger partial charge in [0.05, 0.1) is 24.6 Å². The lowest BCUT2D eigenvalue weighted by molar-refractivity contribution is 0.0600. The molecule has 0 unspecified atom stereocenters. The van der Waals surface area contributed by atoms with Crippen molar-refractivity contribution < 1.29 is 9.53 Å². The SMILES string of the molecule is COC(=O)c1ccc(-c2cnc3ccc(NCC4CC4)nn23)c(C)c1. The third-order valence-electron chi connectivity index (χ3n) is 4.55. The molecule has 1 aromatic carbocycles. The monoisotopic (exact) mass is 336 g/mol. The van der Waals surface area contributed by atoms with E-state index in [1.807, 2.05) is 41.9 Å². The number of ether oxygens (including phenoxy) is 1. The maximum atomic E-state index is 11.7. The minimum atomic E-state index is -0.336. The van der Waals surface area contributed by atoms with Crippen LogP contribution in [0.5, 0.6) is 0 Å². The Bertz CT molecular complexity index is 944. The lowest BCUT2D eigenvalue weighted by Gasteiger charge is -2.09. The van der Waals surface area contributed by atoms with Gasteiger partial charge < -0.3 is 10.1 Å². The summed E-state index contributed by atoms with van der Waals surface area (Å²) in [5, 5.41) is 8.07. The summed E-state index contributed by atoms with van der Waals surface area (Å²) in [4.78, 5) is 16.1. The maximum absolute atomic E-state index is 11.7. The molecule has 0 saturated heterocycles. The standard InChI is InChI=1S/C19H20N4O2/c1-12-9-14(19(24)25-2)5-6-15(12)16-11-21-18-8-7-17(22-23(16)18)20-10-13-3-4-13/h5-9,11,13H,3-4,10H2,1-2H3,(H,20,22). The lowest BCUT2D eigenvalue weighted by Crippen LogP contribution is -2.07. The van der Waals surface area contributed by atoms with Crippen LogP contribution in [0.3, 0.4) is 0 Å². The van der Waals surface area contributed by atoms with Gasteiger partial charge in [0.15, 0.2) is 5.65 Å². The fourth-order valence-corrected chi connectivity index (χ4v) is 2.92. The van der Waals surface area contributed by atoms with Crippen molar-refractivity contribution in [3.05, 3.63) is 47.7 Å². The smallest absolute Gasteiger partial charge is 0.337 e. The van der Waals surface area contributed by atoms with Crippen LogP contribution in [0.2, 0.25) is 0 Å². The number of carbonyl (C=O) groups excluding carboxylic acids is 1. The third-order valence-corrected chi connectivity index (χ3v) is 4.55. The van der Waals surface area contributed by atoms with Crippen LogP contribution in [-0.4, -0.2) is 34.2 Å². The van der Waals surface area contributed by atoms with E-state index in [-0.39, 0.29) is 5.97 Å². The minimum absolute atomic E-state index is 0.336. The van der Waals surface area contributed by atoms with E-state index >= 15 is 0 Å². The van der Waals surface area contributed by atoms with E-state index in [2.05, 4.69) is 15.4 Å². The molecule has 25 heavy (non-hydrogen) atoms. The molecule has 2 heterocycles. The molecule has 3 aromatic rings. The van der Waals surface area contributed by atoms with Crippen molar-refractivity contribution in [3.63, 3.8) is 0 Å². The van der Waals surface area contributed by atoms with Gasteiger partial charge in [0.2, 0.25) is 0 Å². The molecule has 1 N–H and O–H groups in total. The number of benzene rings is 1. The number of carbonyl (C=O) groups is 1. The first-order valence-electron chi connectivity index (χ1n) is 8.43. The third kappa shape index (κ3) is 3.07. The zero-order valence-electron chi connectivity index (χ0n) is 14.3. The molecule has 0 bridgehead atoms. The molecular formula is C19H20N4O2. The first-order chi connectivity index (χ1) is 12.2. The number of nitrogens with zero attached hydrogens (tertiary/aromatic N) is 3. The number of anilines is 1. The summed E-state index contributed by atoms with van der Waals surface area (Å²) in [6.45, 7) is 2.94. The highest BCUT2D eigenvalue weighted by atomic mass is 16.5. The van der Waals surface area contributed by atoms with Gasteiger partial charge in [-0.25, -0.2) is 14.3 Å². The van der Waals surface area contributed by atoms with E-state index in [1.165, 1.54) is 20.0 Å². The summed E-state index contributed by atoms with van der Waals surface area (Å²) in [7, 11) is 1.39. The summed E-state index contributed by atoms with van der Waals surface area (Å²) >= 11 is 0. The predicted octanol–water partition coefficient (Wildman–Crippen LogP) is 3.31. The van der Waals surface area contributed by atoms with Gasteiger partial charge in [-0.3, -0.25) is 0 Å². The molecule has 2 aromatic heterocycles. The Labute approximate surface area is 145 Å². The van der Waals surface area contributed by atoms with Crippen LogP contribution < -0.4 is 5.32 Å². The first kappa shape index (κ1) is 15.6. The molecule has 0 amide bonds. The summed E-state index contributed by atoms with van der Waals surface area (Å²) in [5.41, 5.74) is 4.20. The Morgan fingerprint density at radius 2 is 2.16 bits per heavy atom. The number of imidazole rings is 1. The number of methoxy groups -OCH3 is 1.